The van der Waals surface area contributed by atoms with Crippen LogP contribution in [0.5, 0.6) is 23.0 Å². The molecule has 0 fully saturated rings. The van der Waals surface area contributed by atoms with Crippen LogP contribution in [0.3, 0.4) is 0 Å². The molecule has 0 radical (unpaired) electrons. The summed E-state index contributed by atoms with van der Waals surface area (Å²) in [5, 5.41) is 60.9. The zero-order valence-corrected chi connectivity index (χ0v) is 33.7. The minimum atomic E-state index is -2.33. The monoisotopic (exact) mass is 1120 g/mol. The molecule has 0 unspecified atom stereocenters. The van der Waals surface area contributed by atoms with E-state index in [4.69, 9.17) is 0 Å². The first kappa shape index (κ1) is 59.0. The van der Waals surface area contributed by atoms with Crippen molar-refractivity contribution in [3.8, 4) is 23.0 Å². The summed E-state index contributed by atoms with van der Waals surface area (Å²) in [5.74, 6) is -54.3. The molecule has 0 bridgehead atoms. The molecule has 0 aliphatic heterocycles. The van der Waals surface area contributed by atoms with E-state index in [1.807, 2.05) is 0 Å². The summed E-state index contributed by atoms with van der Waals surface area (Å²) in [4.78, 5) is 0. The quantitative estimate of drug-likeness (QED) is 0.118. The summed E-state index contributed by atoms with van der Waals surface area (Å²) >= 11 is 0. The molecule has 0 amide bonds. The van der Waals surface area contributed by atoms with Crippen LogP contribution in [-0.2, 0) is 0 Å². The first-order valence-corrected chi connectivity index (χ1v) is 14.0. The van der Waals surface area contributed by atoms with Gasteiger partial charge in [-0.3, -0.25) is 0 Å². The Labute approximate surface area is 341 Å². The maximum atomic E-state index is 12.1. The van der Waals surface area contributed by atoms with Gasteiger partial charge in [-0.25, -0.2) is 87.8 Å². The van der Waals surface area contributed by atoms with E-state index in [2.05, 4.69) is 0 Å². The Bertz CT molecular complexity index is 1380. The molecule has 0 saturated carbocycles. The van der Waals surface area contributed by atoms with Gasteiger partial charge in [-0.15, -0.1) is 11.2 Å². The molecule has 0 aliphatic rings. The molecule has 4 aromatic rings. The van der Waals surface area contributed by atoms with Gasteiger partial charge in [-0.1, -0.05) is 41.5 Å². The number of rotatable bonds is 0. The zero-order chi connectivity index (χ0) is 46.9. The van der Waals surface area contributed by atoms with Gasteiger partial charge in [0.15, 0.2) is 116 Å². The summed E-state index contributed by atoms with van der Waals surface area (Å²) in [6.07, 6.45) is 0. The van der Waals surface area contributed by atoms with Crippen molar-refractivity contribution in [2.45, 2.75) is 52.7 Å². The van der Waals surface area contributed by atoms with Gasteiger partial charge in [0.05, 0.1) is 0 Å². The smallest absolute Gasteiger partial charge is 0.200 e. The first-order valence-electron chi connectivity index (χ1n) is 14.0. The Balaban J connectivity index is -0.000000655. The molecule has 4 rings (SSSR count). The van der Waals surface area contributed by atoms with E-state index in [1.165, 1.54) is 0 Å². The second kappa shape index (κ2) is 23.4. The molecule has 0 aliphatic carbocycles. The fourth-order valence-electron chi connectivity index (χ4n) is 2.34. The van der Waals surface area contributed by atoms with Gasteiger partial charge < -0.3 is 30.6 Å². The Hall–Kier alpha value is -4.35. The molecule has 0 N–H and O–H groups in total. The van der Waals surface area contributed by atoms with Crippen LogP contribution in [0.2, 0.25) is 0 Å². The number of hydrogen-bond acceptors (Lipinski definition) is 6. The molecule has 0 saturated heterocycles. The van der Waals surface area contributed by atoms with Crippen LogP contribution >= 0.6 is 0 Å². The Morgan fingerprint density at radius 3 is 0.339 bits per heavy atom. The van der Waals surface area contributed by atoms with Crippen molar-refractivity contribution in [2.24, 2.45) is 0 Å². The number of benzene rings is 4. The van der Waals surface area contributed by atoms with Crippen molar-refractivity contribution < 1.29 is 150 Å². The molecule has 4 aromatic carbocycles. The van der Waals surface area contributed by atoms with E-state index < -0.39 is 151 Å². The second-order valence-electron chi connectivity index (χ2n) is 11.8. The van der Waals surface area contributed by atoms with Crippen molar-refractivity contribution in [1.29, 1.82) is 0 Å². The Morgan fingerprint density at radius 1 is 0.220 bits per heavy atom. The van der Waals surface area contributed by atoms with E-state index in [9.17, 15) is 118 Å². The molecule has 59 heavy (non-hydrogen) atoms. The minimum absolute atomic E-state index is 0. The van der Waals surface area contributed by atoms with E-state index in [0.717, 1.165) is 0 Å². The van der Waals surface area contributed by atoms with Crippen molar-refractivity contribution in [2.75, 3.05) is 0 Å². The molecule has 0 aromatic heterocycles. The van der Waals surface area contributed by atoms with E-state index in [-0.39, 0.29) is 31.1 Å². The SMILES string of the molecule is CC(C)(C)[O-].CC(C)(C)[O-].[O-]c1c(F)c(F)c(F)c(F)c1F.[O-]c1c(F)c(F)c(F)c(F)c1F.[O-]c1c(F)c(F)c(F)c(F)c1F.[O-]c1c(F)c(F)c(F)c(F)c1F.[U]. The van der Waals surface area contributed by atoms with Gasteiger partial charge in [0.2, 0.25) is 0 Å². The molecule has 6 nitrogen and oxygen atoms in total. The topological polar surface area (TPSA) is 138 Å². The number of hydrogen-bond donors (Lipinski definition) is 0. The molecule has 0 spiro atoms. The van der Waals surface area contributed by atoms with Gasteiger partial charge >= 0.3 is 0 Å². The van der Waals surface area contributed by atoms with Gasteiger partial charge in [-0.2, -0.15) is 0 Å². The molecule has 0 heterocycles. The van der Waals surface area contributed by atoms with Gasteiger partial charge in [-0.05, 0) is 23.0 Å². The van der Waals surface area contributed by atoms with Crippen LogP contribution in [0.4, 0.5) is 87.8 Å². The Kier molecular flexibility index (Phi) is 23.4. The molecular weight excluding hydrogens is 1100 g/mol. The standard InChI is InChI=1S/4C6HF5O.2C4H9O.U/c4*7-1-2(8)4(10)6(12)5(11)3(1)9;2*1-4(2,3)5;/h4*12H;2*1-3H3;/q;;;;2*-1;/p-4. The molecule has 27 heteroatoms. The summed E-state index contributed by atoms with van der Waals surface area (Å²) in [6, 6.07) is 0. The maximum Gasteiger partial charge on any atom is 0.200 e. The average Bonchev–Trinajstić information content (AvgIpc) is 3.14. The Morgan fingerprint density at radius 2 is 0.271 bits per heavy atom. The van der Waals surface area contributed by atoms with E-state index in [0.29, 0.717) is 0 Å². The zero-order valence-electron chi connectivity index (χ0n) is 29.5. The van der Waals surface area contributed by atoms with E-state index in [1.54, 1.807) is 41.5 Å². The predicted molar refractivity (Wildman–Crippen MR) is 142 cm³/mol. The van der Waals surface area contributed by atoms with Crippen molar-refractivity contribution in [3.05, 3.63) is 116 Å². The van der Waals surface area contributed by atoms with Crippen LogP contribution in [0.25, 0.3) is 0 Å². The maximum absolute atomic E-state index is 12.1. The third kappa shape index (κ3) is 17.0. The van der Waals surface area contributed by atoms with Gasteiger partial charge in [0.1, 0.15) is 0 Å². The second-order valence-corrected chi connectivity index (χ2v) is 11.8. The third-order valence-corrected chi connectivity index (χ3v) is 4.68. The first-order chi connectivity index (χ1) is 25.9. The fourth-order valence-corrected chi connectivity index (χ4v) is 2.34. The van der Waals surface area contributed by atoms with Crippen LogP contribution in [0.15, 0.2) is 0 Å². The van der Waals surface area contributed by atoms with Crippen molar-refractivity contribution in [3.63, 3.8) is 0 Å². The van der Waals surface area contributed by atoms with Gasteiger partial charge in [0, 0.05) is 31.1 Å². The van der Waals surface area contributed by atoms with E-state index >= 15 is 0 Å². The third-order valence-electron chi connectivity index (χ3n) is 4.68. The van der Waals surface area contributed by atoms with Crippen molar-refractivity contribution in [1.82, 2.24) is 0 Å². The summed E-state index contributed by atoms with van der Waals surface area (Å²) in [6.45, 7) is 9.79. The summed E-state index contributed by atoms with van der Waals surface area (Å²) in [7, 11) is 0. The van der Waals surface area contributed by atoms with Crippen LogP contribution in [0, 0.1) is 147 Å². The normalized spacial score (nSPS) is 10.5. The fraction of sp³-hybridized carbons (Fsp3) is 0.250. The summed E-state index contributed by atoms with van der Waals surface area (Å²) in [5.41, 5.74) is -1.50. The molecular formula is C32H18F20O6U-6. The van der Waals surface area contributed by atoms with Crippen LogP contribution in [-0.4, -0.2) is 11.2 Å². The van der Waals surface area contributed by atoms with Gasteiger partial charge in [0.25, 0.3) is 0 Å². The van der Waals surface area contributed by atoms with Crippen molar-refractivity contribution >= 4 is 0 Å². The largest absolute Gasteiger partial charge is 0.868 e. The van der Waals surface area contributed by atoms with Crippen LogP contribution in [0.1, 0.15) is 41.5 Å². The molecule has 332 valence electrons. The summed E-state index contributed by atoms with van der Waals surface area (Å²) < 4.78 is 242. The predicted octanol–water partition coefficient (Wildman–Crippen LogP) is 6.11. The number of halogens is 20. The average molecular weight is 1120 g/mol. The minimum Gasteiger partial charge on any atom is -0.868 e. The van der Waals surface area contributed by atoms with Crippen LogP contribution < -0.4 is 30.6 Å². The molecule has 0 atom stereocenters.